The van der Waals surface area contributed by atoms with Gasteiger partial charge in [-0.1, -0.05) is 0 Å². The number of hydrogen-bond donors (Lipinski definition) is 2. The molecule has 1 aliphatic heterocycles. The molecule has 1 aromatic rings. The Kier molecular flexibility index (Phi) is 8.18. The largest absolute Gasteiger partial charge is 0.493 e. The van der Waals surface area contributed by atoms with Crippen LogP contribution < -0.4 is 20.5 Å². The van der Waals surface area contributed by atoms with Crippen molar-refractivity contribution in [3.8, 4) is 11.5 Å². The molecule has 110 valence electrons. The van der Waals surface area contributed by atoms with E-state index in [4.69, 9.17) is 15.2 Å². The Bertz CT molecular complexity index is 402. The van der Waals surface area contributed by atoms with Gasteiger partial charge in [0.25, 0.3) is 0 Å². The van der Waals surface area contributed by atoms with Crippen molar-refractivity contribution in [3.05, 3.63) is 23.3 Å². The van der Waals surface area contributed by atoms with E-state index < -0.39 is 0 Å². The maximum absolute atomic E-state index is 5.65. The van der Waals surface area contributed by atoms with E-state index in [9.17, 15) is 0 Å². The molecule has 1 aromatic carbocycles. The Morgan fingerprint density at radius 1 is 1.21 bits per heavy atom. The highest BCUT2D eigenvalue weighted by Crippen LogP contribution is 2.35. The molecule has 3 N–H and O–H groups in total. The highest BCUT2D eigenvalue weighted by atomic mass is 35.5. The van der Waals surface area contributed by atoms with E-state index in [0.717, 1.165) is 30.9 Å². The standard InChI is InChI=1S/C13H20N2O2.2ClH/c1-16-12-7-9-4-6-15-11(3-5-14)10(9)8-13(12)17-2;;/h7-8,11,15H,3-6,14H2,1-2H3;2*1H. The first-order valence-electron chi connectivity index (χ1n) is 5.98. The first-order valence-corrected chi connectivity index (χ1v) is 5.98. The molecule has 0 amide bonds. The van der Waals surface area contributed by atoms with Crippen molar-refractivity contribution in [2.75, 3.05) is 27.3 Å². The third-order valence-electron chi connectivity index (χ3n) is 3.26. The summed E-state index contributed by atoms with van der Waals surface area (Å²) < 4.78 is 10.7. The van der Waals surface area contributed by atoms with Crippen molar-refractivity contribution in [3.63, 3.8) is 0 Å². The van der Waals surface area contributed by atoms with Gasteiger partial charge in [0, 0.05) is 6.04 Å². The molecule has 0 aliphatic carbocycles. The molecule has 1 unspecified atom stereocenters. The molecule has 4 nitrogen and oxygen atoms in total. The van der Waals surface area contributed by atoms with Gasteiger partial charge in [0.2, 0.25) is 0 Å². The molecule has 0 spiro atoms. The average Bonchev–Trinajstić information content (AvgIpc) is 2.38. The first-order chi connectivity index (χ1) is 8.30. The smallest absolute Gasteiger partial charge is 0.161 e. The Morgan fingerprint density at radius 3 is 2.42 bits per heavy atom. The van der Waals surface area contributed by atoms with E-state index in [1.165, 1.54) is 11.1 Å². The van der Waals surface area contributed by atoms with Crippen LogP contribution in [0.1, 0.15) is 23.6 Å². The van der Waals surface area contributed by atoms with Crippen LogP contribution in [0.5, 0.6) is 11.5 Å². The molecule has 0 fully saturated rings. The zero-order chi connectivity index (χ0) is 12.3. The van der Waals surface area contributed by atoms with Crippen LogP contribution in [-0.2, 0) is 6.42 Å². The van der Waals surface area contributed by atoms with Crippen LogP contribution in [0.25, 0.3) is 0 Å². The molecule has 0 saturated heterocycles. The number of benzene rings is 1. The van der Waals surface area contributed by atoms with Crippen molar-refractivity contribution in [1.82, 2.24) is 5.32 Å². The molecule has 19 heavy (non-hydrogen) atoms. The minimum absolute atomic E-state index is 0. The second-order valence-electron chi connectivity index (χ2n) is 4.24. The van der Waals surface area contributed by atoms with Gasteiger partial charge in [-0.2, -0.15) is 0 Å². The lowest BCUT2D eigenvalue weighted by atomic mass is 9.92. The number of hydrogen-bond acceptors (Lipinski definition) is 4. The van der Waals surface area contributed by atoms with Gasteiger partial charge in [0.05, 0.1) is 14.2 Å². The number of fused-ring (bicyclic) bond motifs is 1. The summed E-state index contributed by atoms with van der Waals surface area (Å²) in [4.78, 5) is 0. The summed E-state index contributed by atoms with van der Waals surface area (Å²) in [5.74, 6) is 1.59. The van der Waals surface area contributed by atoms with Crippen molar-refractivity contribution >= 4 is 24.8 Å². The van der Waals surface area contributed by atoms with Gasteiger partial charge in [-0.3, -0.25) is 0 Å². The van der Waals surface area contributed by atoms with Gasteiger partial charge in [0.15, 0.2) is 11.5 Å². The first kappa shape index (κ1) is 18.3. The summed E-state index contributed by atoms with van der Waals surface area (Å²) in [7, 11) is 3.33. The van der Waals surface area contributed by atoms with Crippen molar-refractivity contribution < 1.29 is 9.47 Å². The molecule has 6 heteroatoms. The van der Waals surface area contributed by atoms with E-state index in [2.05, 4.69) is 17.4 Å². The van der Waals surface area contributed by atoms with E-state index in [-0.39, 0.29) is 24.8 Å². The fourth-order valence-electron chi connectivity index (χ4n) is 2.39. The Morgan fingerprint density at radius 2 is 1.84 bits per heavy atom. The minimum Gasteiger partial charge on any atom is -0.493 e. The lowest BCUT2D eigenvalue weighted by Gasteiger charge is -2.27. The van der Waals surface area contributed by atoms with Gasteiger partial charge >= 0.3 is 0 Å². The van der Waals surface area contributed by atoms with Crippen LogP contribution in [0.2, 0.25) is 0 Å². The zero-order valence-corrected chi connectivity index (χ0v) is 12.9. The fraction of sp³-hybridized carbons (Fsp3) is 0.538. The van der Waals surface area contributed by atoms with Crippen LogP contribution in [0.4, 0.5) is 0 Å². The maximum Gasteiger partial charge on any atom is 0.161 e. The topological polar surface area (TPSA) is 56.5 Å². The molecule has 0 bridgehead atoms. The Balaban J connectivity index is 0.00000162. The van der Waals surface area contributed by atoms with Gasteiger partial charge in [0.1, 0.15) is 0 Å². The lowest BCUT2D eigenvalue weighted by molar-refractivity contribution is 0.351. The number of nitrogens with one attached hydrogen (secondary N) is 1. The van der Waals surface area contributed by atoms with Gasteiger partial charge in [-0.15, -0.1) is 24.8 Å². The molecule has 0 aromatic heterocycles. The fourth-order valence-corrected chi connectivity index (χ4v) is 2.39. The quantitative estimate of drug-likeness (QED) is 0.894. The second kappa shape index (κ2) is 8.48. The van der Waals surface area contributed by atoms with Crippen LogP contribution in [-0.4, -0.2) is 27.3 Å². The SMILES string of the molecule is COc1cc2c(cc1OC)C(CCN)NCC2.Cl.Cl. The summed E-state index contributed by atoms with van der Waals surface area (Å²) in [6, 6.07) is 4.49. The molecule has 1 heterocycles. The number of nitrogens with two attached hydrogens (primary N) is 1. The lowest BCUT2D eigenvalue weighted by Crippen LogP contribution is -2.31. The van der Waals surface area contributed by atoms with E-state index in [1.807, 2.05) is 0 Å². The number of rotatable bonds is 4. The normalized spacial score (nSPS) is 16.7. The highest BCUT2D eigenvalue weighted by molar-refractivity contribution is 5.85. The third kappa shape index (κ3) is 3.89. The predicted molar refractivity (Wildman–Crippen MR) is 82.2 cm³/mol. The predicted octanol–water partition coefficient (Wildman–Crippen LogP) is 2.08. The van der Waals surface area contributed by atoms with Gasteiger partial charge in [-0.25, -0.2) is 0 Å². The molecule has 0 radical (unpaired) electrons. The van der Waals surface area contributed by atoms with Crippen molar-refractivity contribution in [2.45, 2.75) is 18.9 Å². The van der Waals surface area contributed by atoms with Gasteiger partial charge in [-0.05, 0) is 49.2 Å². The van der Waals surface area contributed by atoms with Crippen molar-refractivity contribution in [2.24, 2.45) is 5.73 Å². The monoisotopic (exact) mass is 308 g/mol. The van der Waals surface area contributed by atoms with Crippen LogP contribution >= 0.6 is 24.8 Å². The van der Waals surface area contributed by atoms with Crippen LogP contribution in [0.15, 0.2) is 12.1 Å². The minimum atomic E-state index is 0. The summed E-state index contributed by atoms with van der Waals surface area (Å²) in [5.41, 5.74) is 8.27. The summed E-state index contributed by atoms with van der Waals surface area (Å²) in [5, 5.41) is 3.49. The Hall–Kier alpha value is -0.680. The average molecular weight is 309 g/mol. The zero-order valence-electron chi connectivity index (χ0n) is 11.3. The number of ether oxygens (including phenoxy) is 2. The van der Waals surface area contributed by atoms with Crippen LogP contribution in [0.3, 0.4) is 0 Å². The molecule has 2 rings (SSSR count). The number of halogens is 2. The summed E-state index contributed by atoms with van der Waals surface area (Å²) in [6.07, 6.45) is 1.97. The summed E-state index contributed by atoms with van der Waals surface area (Å²) >= 11 is 0. The third-order valence-corrected chi connectivity index (χ3v) is 3.26. The van der Waals surface area contributed by atoms with E-state index in [1.54, 1.807) is 14.2 Å². The highest BCUT2D eigenvalue weighted by Gasteiger charge is 2.21. The number of methoxy groups -OCH3 is 2. The van der Waals surface area contributed by atoms with Crippen molar-refractivity contribution in [1.29, 1.82) is 0 Å². The molecular weight excluding hydrogens is 287 g/mol. The van der Waals surface area contributed by atoms with Crippen LogP contribution in [0, 0.1) is 0 Å². The van der Waals surface area contributed by atoms with E-state index >= 15 is 0 Å². The molecule has 1 atom stereocenters. The second-order valence-corrected chi connectivity index (χ2v) is 4.24. The summed E-state index contributed by atoms with van der Waals surface area (Å²) in [6.45, 7) is 1.68. The van der Waals surface area contributed by atoms with E-state index in [0.29, 0.717) is 12.6 Å². The molecular formula is C13H22Cl2N2O2. The van der Waals surface area contributed by atoms with Gasteiger partial charge < -0.3 is 20.5 Å². The molecule has 1 aliphatic rings. The maximum atomic E-state index is 5.65. The molecule has 0 saturated carbocycles. The Labute approximate surface area is 126 Å².